The lowest BCUT2D eigenvalue weighted by atomic mass is 9.93. The predicted octanol–water partition coefficient (Wildman–Crippen LogP) is 1.86. The van der Waals surface area contributed by atoms with E-state index in [4.69, 9.17) is 0 Å². The van der Waals surface area contributed by atoms with Gasteiger partial charge >= 0.3 is 11.8 Å². The molecule has 1 aromatic rings. The number of piperidine rings is 1. The zero-order valence-corrected chi connectivity index (χ0v) is 13.4. The van der Waals surface area contributed by atoms with E-state index < -0.39 is 17.9 Å². The van der Waals surface area contributed by atoms with Gasteiger partial charge in [-0.25, -0.2) is 0 Å². The van der Waals surface area contributed by atoms with Crippen molar-refractivity contribution in [3.63, 3.8) is 0 Å². The third-order valence-electron chi connectivity index (χ3n) is 4.39. The van der Waals surface area contributed by atoms with Gasteiger partial charge in [0.1, 0.15) is 0 Å². The molecule has 2 atom stereocenters. The lowest BCUT2D eigenvalue weighted by Gasteiger charge is -2.33. The van der Waals surface area contributed by atoms with Gasteiger partial charge in [-0.3, -0.25) is 9.59 Å². The normalized spacial score (nSPS) is 19.6. The SMILES string of the molecule is Cc1ccc(NC(=O)C(=O)N2CCCC(C(C)O)C2)cc1C. The summed E-state index contributed by atoms with van der Waals surface area (Å²) in [7, 11) is 0. The van der Waals surface area contributed by atoms with Crippen LogP contribution in [0.15, 0.2) is 18.2 Å². The highest BCUT2D eigenvalue weighted by Crippen LogP contribution is 2.20. The van der Waals surface area contributed by atoms with Crippen LogP contribution in [0.5, 0.6) is 0 Å². The Kier molecular flexibility index (Phi) is 5.19. The van der Waals surface area contributed by atoms with Gasteiger partial charge in [0.2, 0.25) is 0 Å². The van der Waals surface area contributed by atoms with E-state index >= 15 is 0 Å². The molecule has 0 aliphatic carbocycles. The van der Waals surface area contributed by atoms with Crippen LogP contribution >= 0.6 is 0 Å². The fourth-order valence-corrected chi connectivity index (χ4v) is 2.74. The molecule has 0 aromatic heterocycles. The molecule has 0 radical (unpaired) electrons. The van der Waals surface area contributed by atoms with Crippen molar-refractivity contribution in [2.75, 3.05) is 18.4 Å². The molecular weight excluding hydrogens is 280 g/mol. The molecule has 1 aromatic carbocycles. The first kappa shape index (κ1) is 16.5. The Balaban J connectivity index is 1.99. The largest absolute Gasteiger partial charge is 0.393 e. The maximum absolute atomic E-state index is 12.3. The number of anilines is 1. The minimum Gasteiger partial charge on any atom is -0.393 e. The molecule has 1 heterocycles. The Morgan fingerprint density at radius 1 is 1.32 bits per heavy atom. The van der Waals surface area contributed by atoms with Gasteiger partial charge in [-0.05, 0) is 56.9 Å². The van der Waals surface area contributed by atoms with Crippen molar-refractivity contribution in [3.05, 3.63) is 29.3 Å². The molecule has 1 aliphatic rings. The summed E-state index contributed by atoms with van der Waals surface area (Å²) in [6, 6.07) is 5.57. The first-order chi connectivity index (χ1) is 10.4. The monoisotopic (exact) mass is 304 g/mol. The van der Waals surface area contributed by atoms with Crippen LogP contribution < -0.4 is 5.32 Å². The number of aliphatic hydroxyl groups excluding tert-OH is 1. The van der Waals surface area contributed by atoms with E-state index in [-0.39, 0.29) is 5.92 Å². The van der Waals surface area contributed by atoms with Gasteiger partial charge in [0.15, 0.2) is 0 Å². The van der Waals surface area contributed by atoms with Gasteiger partial charge in [-0.15, -0.1) is 0 Å². The van der Waals surface area contributed by atoms with Gasteiger partial charge in [0.05, 0.1) is 6.10 Å². The summed E-state index contributed by atoms with van der Waals surface area (Å²) in [5, 5.41) is 12.3. The molecule has 0 spiro atoms. The minimum absolute atomic E-state index is 0.0483. The van der Waals surface area contributed by atoms with E-state index in [2.05, 4.69) is 5.32 Å². The zero-order valence-electron chi connectivity index (χ0n) is 13.4. The molecular formula is C17H24N2O3. The van der Waals surface area contributed by atoms with Crippen LogP contribution in [-0.2, 0) is 9.59 Å². The minimum atomic E-state index is -0.616. The van der Waals surface area contributed by atoms with Crippen LogP contribution in [0, 0.1) is 19.8 Å². The number of likely N-dealkylation sites (tertiary alicyclic amines) is 1. The molecule has 1 saturated heterocycles. The maximum atomic E-state index is 12.3. The number of aryl methyl sites for hydroxylation is 2. The molecule has 1 aliphatic heterocycles. The Bertz CT molecular complexity index is 569. The Morgan fingerprint density at radius 3 is 2.68 bits per heavy atom. The molecule has 1 fully saturated rings. The van der Waals surface area contributed by atoms with E-state index in [0.717, 1.165) is 24.0 Å². The molecule has 2 rings (SSSR count). The van der Waals surface area contributed by atoms with Crippen molar-refractivity contribution in [3.8, 4) is 0 Å². The lowest BCUT2D eigenvalue weighted by molar-refractivity contribution is -0.144. The quantitative estimate of drug-likeness (QED) is 0.819. The van der Waals surface area contributed by atoms with E-state index in [1.165, 1.54) is 4.90 Å². The summed E-state index contributed by atoms with van der Waals surface area (Å²) < 4.78 is 0. The number of benzene rings is 1. The Hall–Kier alpha value is -1.88. The molecule has 2 amide bonds. The number of hydrogen-bond donors (Lipinski definition) is 2. The van der Waals surface area contributed by atoms with Crippen LogP contribution in [0.3, 0.4) is 0 Å². The van der Waals surface area contributed by atoms with E-state index in [1.807, 2.05) is 26.0 Å². The number of carbonyl (C=O) groups is 2. The van der Waals surface area contributed by atoms with Crippen molar-refractivity contribution in [2.24, 2.45) is 5.92 Å². The van der Waals surface area contributed by atoms with Gasteiger partial charge in [0.25, 0.3) is 0 Å². The second-order valence-electron chi connectivity index (χ2n) is 6.15. The van der Waals surface area contributed by atoms with E-state index in [0.29, 0.717) is 18.8 Å². The number of nitrogens with zero attached hydrogens (tertiary/aromatic N) is 1. The second-order valence-corrected chi connectivity index (χ2v) is 6.15. The number of nitrogens with one attached hydrogen (secondary N) is 1. The van der Waals surface area contributed by atoms with Gasteiger partial charge in [-0.2, -0.15) is 0 Å². The predicted molar refractivity (Wildman–Crippen MR) is 85.5 cm³/mol. The number of amides is 2. The first-order valence-corrected chi connectivity index (χ1v) is 7.74. The number of carbonyl (C=O) groups excluding carboxylic acids is 2. The Morgan fingerprint density at radius 2 is 2.05 bits per heavy atom. The number of rotatable bonds is 2. The fourth-order valence-electron chi connectivity index (χ4n) is 2.74. The Labute approximate surface area is 131 Å². The van der Waals surface area contributed by atoms with Crippen molar-refractivity contribution in [1.29, 1.82) is 0 Å². The van der Waals surface area contributed by atoms with Crippen LogP contribution in [0.25, 0.3) is 0 Å². The van der Waals surface area contributed by atoms with Crippen molar-refractivity contribution >= 4 is 17.5 Å². The topological polar surface area (TPSA) is 69.6 Å². The van der Waals surface area contributed by atoms with Crippen LogP contribution in [-0.4, -0.2) is 41.0 Å². The summed E-state index contributed by atoms with van der Waals surface area (Å²) in [5.74, 6) is -1.09. The highest BCUT2D eigenvalue weighted by molar-refractivity contribution is 6.39. The smallest absolute Gasteiger partial charge is 0.313 e. The zero-order chi connectivity index (χ0) is 16.3. The van der Waals surface area contributed by atoms with E-state index in [1.54, 1.807) is 13.0 Å². The summed E-state index contributed by atoms with van der Waals surface area (Å²) in [4.78, 5) is 25.9. The number of hydrogen-bond acceptors (Lipinski definition) is 3. The van der Waals surface area contributed by atoms with Crippen LogP contribution in [0.4, 0.5) is 5.69 Å². The van der Waals surface area contributed by atoms with Gasteiger partial charge < -0.3 is 15.3 Å². The van der Waals surface area contributed by atoms with Crippen molar-refractivity contribution in [1.82, 2.24) is 4.90 Å². The van der Waals surface area contributed by atoms with Gasteiger partial charge in [-0.1, -0.05) is 6.07 Å². The second kappa shape index (κ2) is 6.92. The molecule has 2 unspecified atom stereocenters. The highest BCUT2D eigenvalue weighted by atomic mass is 16.3. The van der Waals surface area contributed by atoms with Crippen LogP contribution in [0.2, 0.25) is 0 Å². The average Bonchev–Trinajstić information content (AvgIpc) is 2.50. The third-order valence-corrected chi connectivity index (χ3v) is 4.39. The highest BCUT2D eigenvalue weighted by Gasteiger charge is 2.29. The molecule has 0 bridgehead atoms. The molecule has 2 N–H and O–H groups in total. The fraction of sp³-hybridized carbons (Fsp3) is 0.529. The summed E-state index contributed by atoms with van der Waals surface area (Å²) in [5.41, 5.74) is 2.84. The lowest BCUT2D eigenvalue weighted by Crippen LogP contribution is -2.47. The molecule has 120 valence electrons. The van der Waals surface area contributed by atoms with E-state index in [9.17, 15) is 14.7 Å². The van der Waals surface area contributed by atoms with Crippen molar-refractivity contribution in [2.45, 2.75) is 39.7 Å². The standard InChI is InChI=1S/C17H24N2O3/c1-11-6-7-15(9-12(11)2)18-16(21)17(22)19-8-4-5-14(10-19)13(3)20/h6-7,9,13-14,20H,4-5,8,10H2,1-3H3,(H,18,21). The first-order valence-electron chi connectivity index (χ1n) is 7.74. The summed E-state index contributed by atoms with van der Waals surface area (Å²) >= 11 is 0. The average molecular weight is 304 g/mol. The van der Waals surface area contributed by atoms with Crippen LogP contribution in [0.1, 0.15) is 30.9 Å². The number of aliphatic hydroxyl groups is 1. The van der Waals surface area contributed by atoms with Crippen molar-refractivity contribution < 1.29 is 14.7 Å². The van der Waals surface area contributed by atoms with Gasteiger partial charge in [0, 0.05) is 24.7 Å². The molecule has 5 nitrogen and oxygen atoms in total. The summed E-state index contributed by atoms with van der Waals surface area (Å²) in [6.07, 6.45) is 1.25. The molecule has 0 saturated carbocycles. The summed E-state index contributed by atoms with van der Waals surface area (Å²) in [6.45, 7) is 6.70. The molecule has 5 heteroatoms. The third kappa shape index (κ3) is 3.85. The maximum Gasteiger partial charge on any atom is 0.313 e. The molecule has 22 heavy (non-hydrogen) atoms.